The lowest BCUT2D eigenvalue weighted by molar-refractivity contribution is 0.0684. The SMILES string of the molecule is [CH2]Cn1c(C#N)c(-c2ccc(OC)c(OC)c2OC)c(Br)c1C(=O)O. The number of aromatic carboxylic acids is 1. The van der Waals surface area contributed by atoms with E-state index in [1.165, 1.54) is 25.9 Å². The predicted octanol–water partition coefficient (Wildman–Crippen LogP) is 3.35. The van der Waals surface area contributed by atoms with E-state index in [9.17, 15) is 15.2 Å². The quantitative estimate of drug-likeness (QED) is 0.788. The number of ether oxygens (including phenoxy) is 3. The van der Waals surface area contributed by atoms with Crippen molar-refractivity contribution in [3.8, 4) is 34.4 Å². The molecule has 0 aliphatic heterocycles. The van der Waals surface area contributed by atoms with Gasteiger partial charge in [-0.05, 0) is 35.0 Å². The maximum Gasteiger partial charge on any atom is 0.353 e. The van der Waals surface area contributed by atoms with Crippen LogP contribution >= 0.6 is 15.9 Å². The molecule has 1 N–H and O–H groups in total. The topological polar surface area (TPSA) is 93.7 Å². The molecule has 1 aromatic heterocycles. The Morgan fingerprint density at radius 1 is 1.28 bits per heavy atom. The van der Waals surface area contributed by atoms with Crippen LogP contribution < -0.4 is 14.2 Å². The smallest absolute Gasteiger partial charge is 0.353 e. The molecule has 0 amide bonds. The Morgan fingerprint density at radius 3 is 2.36 bits per heavy atom. The van der Waals surface area contributed by atoms with Gasteiger partial charge in [-0.15, -0.1) is 0 Å². The molecule has 8 heteroatoms. The van der Waals surface area contributed by atoms with Gasteiger partial charge in [0.15, 0.2) is 11.5 Å². The highest BCUT2D eigenvalue weighted by molar-refractivity contribution is 9.10. The number of nitriles is 1. The molecule has 131 valence electrons. The summed E-state index contributed by atoms with van der Waals surface area (Å²) in [4.78, 5) is 11.6. The predicted molar refractivity (Wildman–Crippen MR) is 94.3 cm³/mol. The molecule has 0 spiro atoms. The monoisotopic (exact) mass is 407 g/mol. The van der Waals surface area contributed by atoms with Crippen LogP contribution in [0.3, 0.4) is 0 Å². The van der Waals surface area contributed by atoms with Crippen LogP contribution in [0.1, 0.15) is 16.2 Å². The van der Waals surface area contributed by atoms with Gasteiger partial charge in [0.2, 0.25) is 5.75 Å². The molecule has 0 unspecified atom stereocenters. The lowest BCUT2D eigenvalue weighted by atomic mass is 10.0. The summed E-state index contributed by atoms with van der Waals surface area (Å²) >= 11 is 3.31. The van der Waals surface area contributed by atoms with E-state index in [-0.39, 0.29) is 22.4 Å². The van der Waals surface area contributed by atoms with Gasteiger partial charge in [-0.3, -0.25) is 0 Å². The molecule has 25 heavy (non-hydrogen) atoms. The second-order valence-electron chi connectivity index (χ2n) is 4.84. The first kappa shape index (κ1) is 18.7. The van der Waals surface area contributed by atoms with Crippen LogP contribution in [0.4, 0.5) is 0 Å². The first-order valence-corrected chi connectivity index (χ1v) is 7.89. The number of benzene rings is 1. The zero-order chi connectivity index (χ0) is 18.7. The molecule has 7 nitrogen and oxygen atoms in total. The number of carboxylic acid groups (broad SMARTS) is 1. The van der Waals surface area contributed by atoms with Gasteiger partial charge < -0.3 is 23.9 Å². The summed E-state index contributed by atoms with van der Waals surface area (Å²) in [5, 5.41) is 19.1. The summed E-state index contributed by atoms with van der Waals surface area (Å²) < 4.78 is 17.7. The normalized spacial score (nSPS) is 10.2. The van der Waals surface area contributed by atoms with Gasteiger partial charge in [0.1, 0.15) is 17.5 Å². The van der Waals surface area contributed by atoms with Crippen LogP contribution in [0, 0.1) is 18.3 Å². The number of halogens is 1. The number of carboxylic acids is 1. The average molecular weight is 408 g/mol. The Balaban J connectivity index is 2.93. The number of nitrogens with zero attached hydrogens (tertiary/aromatic N) is 2. The maximum atomic E-state index is 11.6. The fourth-order valence-electron chi connectivity index (χ4n) is 2.68. The number of carbonyl (C=O) groups is 1. The molecule has 1 heterocycles. The van der Waals surface area contributed by atoms with E-state index in [0.29, 0.717) is 28.4 Å². The van der Waals surface area contributed by atoms with E-state index < -0.39 is 5.97 Å². The molecule has 0 saturated carbocycles. The lowest BCUT2D eigenvalue weighted by Gasteiger charge is -2.16. The summed E-state index contributed by atoms with van der Waals surface area (Å²) in [5.74, 6) is -0.0414. The van der Waals surface area contributed by atoms with Gasteiger partial charge in [-0.2, -0.15) is 5.26 Å². The number of hydrogen-bond donors (Lipinski definition) is 1. The van der Waals surface area contributed by atoms with Crippen molar-refractivity contribution >= 4 is 21.9 Å². The van der Waals surface area contributed by atoms with Crippen molar-refractivity contribution in [2.45, 2.75) is 6.54 Å². The summed E-state index contributed by atoms with van der Waals surface area (Å²) in [7, 11) is 4.42. The lowest BCUT2D eigenvalue weighted by Crippen LogP contribution is -2.09. The van der Waals surface area contributed by atoms with Gasteiger partial charge in [0, 0.05) is 17.7 Å². The number of aromatic nitrogens is 1. The van der Waals surface area contributed by atoms with E-state index in [1.54, 1.807) is 12.1 Å². The minimum atomic E-state index is -1.17. The van der Waals surface area contributed by atoms with Gasteiger partial charge >= 0.3 is 5.97 Å². The van der Waals surface area contributed by atoms with Crippen molar-refractivity contribution in [1.29, 1.82) is 5.26 Å². The van der Waals surface area contributed by atoms with Crippen LogP contribution in [0.2, 0.25) is 0 Å². The Hall–Kier alpha value is -2.66. The zero-order valence-electron chi connectivity index (χ0n) is 13.9. The zero-order valence-corrected chi connectivity index (χ0v) is 15.5. The molecular formula is C17H16BrN2O5. The maximum absolute atomic E-state index is 11.6. The minimum absolute atomic E-state index is 0.0570. The van der Waals surface area contributed by atoms with E-state index in [2.05, 4.69) is 22.9 Å². The van der Waals surface area contributed by atoms with Crippen molar-refractivity contribution in [1.82, 2.24) is 4.57 Å². The fraction of sp³-hybridized carbons (Fsp3) is 0.235. The second-order valence-corrected chi connectivity index (χ2v) is 5.63. The summed E-state index contributed by atoms with van der Waals surface area (Å²) in [6.07, 6.45) is 0. The standard InChI is InChI=1S/C17H16BrN2O5/c1-5-20-10(8-19)12(13(18)14(20)17(21)22)9-6-7-11(23-2)16(25-4)15(9)24-3/h6-7H,1,5H2,2-4H3,(H,21,22). The molecule has 0 bridgehead atoms. The van der Waals surface area contributed by atoms with Crippen LogP contribution in [0.5, 0.6) is 17.2 Å². The molecule has 0 fully saturated rings. The van der Waals surface area contributed by atoms with Crippen LogP contribution in [0.15, 0.2) is 16.6 Å². The molecule has 0 saturated heterocycles. The highest BCUT2D eigenvalue weighted by atomic mass is 79.9. The largest absolute Gasteiger partial charge is 0.493 e. The summed E-state index contributed by atoms with van der Waals surface area (Å²) in [6, 6.07) is 5.39. The third-order valence-electron chi connectivity index (χ3n) is 3.71. The molecule has 0 aliphatic carbocycles. The van der Waals surface area contributed by atoms with Crippen molar-refractivity contribution in [3.63, 3.8) is 0 Å². The molecule has 2 aromatic rings. The molecule has 1 radical (unpaired) electrons. The third kappa shape index (κ3) is 2.91. The average Bonchev–Trinajstić information content (AvgIpc) is 2.91. The summed E-state index contributed by atoms with van der Waals surface area (Å²) in [6.45, 7) is 3.79. The van der Waals surface area contributed by atoms with Crippen molar-refractivity contribution in [3.05, 3.63) is 34.9 Å². The second kappa shape index (κ2) is 7.49. The highest BCUT2D eigenvalue weighted by Gasteiger charge is 2.29. The van der Waals surface area contributed by atoms with E-state index in [1.807, 2.05) is 6.07 Å². The molecule has 0 aliphatic rings. The first-order chi connectivity index (χ1) is 12.0. The van der Waals surface area contributed by atoms with Gasteiger partial charge in [0.25, 0.3) is 0 Å². The summed E-state index contributed by atoms with van der Waals surface area (Å²) in [5.41, 5.74) is 0.989. The van der Waals surface area contributed by atoms with Crippen molar-refractivity contribution < 1.29 is 24.1 Å². The fourth-order valence-corrected chi connectivity index (χ4v) is 3.47. The molecular weight excluding hydrogens is 392 g/mol. The molecule has 2 rings (SSSR count). The molecule has 0 atom stereocenters. The Morgan fingerprint density at radius 2 is 1.92 bits per heavy atom. The van der Waals surface area contributed by atoms with Gasteiger partial charge in [-0.25, -0.2) is 4.79 Å². The third-order valence-corrected chi connectivity index (χ3v) is 4.48. The highest BCUT2D eigenvalue weighted by Crippen LogP contribution is 2.48. The van der Waals surface area contributed by atoms with Crippen molar-refractivity contribution in [2.24, 2.45) is 0 Å². The van der Waals surface area contributed by atoms with E-state index in [0.717, 1.165) is 0 Å². The number of hydrogen-bond acceptors (Lipinski definition) is 5. The van der Waals surface area contributed by atoms with Crippen LogP contribution in [0.25, 0.3) is 11.1 Å². The Kier molecular flexibility index (Phi) is 5.59. The van der Waals surface area contributed by atoms with Crippen molar-refractivity contribution in [2.75, 3.05) is 21.3 Å². The first-order valence-electron chi connectivity index (χ1n) is 7.10. The number of rotatable bonds is 6. The minimum Gasteiger partial charge on any atom is -0.493 e. The van der Waals surface area contributed by atoms with Crippen LogP contribution in [-0.4, -0.2) is 37.0 Å². The van der Waals surface area contributed by atoms with Gasteiger partial charge in [0.05, 0.1) is 25.8 Å². The molecule has 1 aromatic carbocycles. The Labute approximate surface area is 153 Å². The van der Waals surface area contributed by atoms with Gasteiger partial charge in [-0.1, -0.05) is 0 Å². The van der Waals surface area contributed by atoms with Crippen LogP contribution in [-0.2, 0) is 6.54 Å². The van der Waals surface area contributed by atoms with E-state index >= 15 is 0 Å². The van der Waals surface area contributed by atoms with E-state index in [4.69, 9.17) is 14.2 Å². The Bertz CT molecular complexity index is 867. The number of methoxy groups -OCH3 is 3.